The third-order valence-corrected chi connectivity index (χ3v) is 4.54. The molecule has 3 rings (SSSR count). The fraction of sp³-hybridized carbons (Fsp3) is 0.350. The van der Waals surface area contributed by atoms with E-state index in [2.05, 4.69) is 34.3 Å². The predicted molar refractivity (Wildman–Crippen MR) is 102 cm³/mol. The molecule has 0 aliphatic heterocycles. The van der Waals surface area contributed by atoms with E-state index in [1.807, 2.05) is 53.1 Å². The fourth-order valence-electron chi connectivity index (χ4n) is 2.92. The quantitative estimate of drug-likeness (QED) is 0.677. The summed E-state index contributed by atoms with van der Waals surface area (Å²) >= 11 is 0. The summed E-state index contributed by atoms with van der Waals surface area (Å²) in [4.78, 5) is 14.7. The standard InChI is InChI=1S/C20H25N5O/c1-3-24(4-2)15-16-8-10-17(11-9-16)20(26)21-13-12-19-23-22-18-7-5-6-14-25(18)19/h5-11,14H,3-4,12-13,15H2,1-2H3,(H,21,26). The third-order valence-electron chi connectivity index (χ3n) is 4.54. The van der Waals surface area contributed by atoms with Crippen molar-refractivity contribution in [2.75, 3.05) is 19.6 Å². The number of rotatable bonds is 8. The van der Waals surface area contributed by atoms with Crippen molar-refractivity contribution < 1.29 is 4.79 Å². The average Bonchev–Trinajstić information content (AvgIpc) is 3.10. The van der Waals surface area contributed by atoms with Gasteiger partial charge in [0.2, 0.25) is 0 Å². The van der Waals surface area contributed by atoms with Crippen molar-refractivity contribution >= 4 is 11.6 Å². The Morgan fingerprint density at radius 2 is 1.85 bits per heavy atom. The van der Waals surface area contributed by atoms with Gasteiger partial charge in [-0.15, -0.1) is 10.2 Å². The van der Waals surface area contributed by atoms with E-state index in [-0.39, 0.29) is 5.91 Å². The lowest BCUT2D eigenvalue weighted by Crippen LogP contribution is -2.26. The van der Waals surface area contributed by atoms with Gasteiger partial charge in [-0.05, 0) is 42.9 Å². The van der Waals surface area contributed by atoms with Crippen molar-refractivity contribution in [2.24, 2.45) is 0 Å². The van der Waals surface area contributed by atoms with Crippen LogP contribution in [0, 0.1) is 0 Å². The highest BCUT2D eigenvalue weighted by molar-refractivity contribution is 5.94. The Morgan fingerprint density at radius 1 is 1.08 bits per heavy atom. The topological polar surface area (TPSA) is 62.5 Å². The van der Waals surface area contributed by atoms with Crippen molar-refractivity contribution in [2.45, 2.75) is 26.8 Å². The first kappa shape index (κ1) is 18.1. The number of nitrogens with zero attached hydrogens (tertiary/aromatic N) is 4. The first-order chi connectivity index (χ1) is 12.7. The molecule has 0 atom stereocenters. The molecule has 136 valence electrons. The fourth-order valence-corrected chi connectivity index (χ4v) is 2.92. The number of nitrogens with one attached hydrogen (secondary N) is 1. The van der Waals surface area contributed by atoms with E-state index in [9.17, 15) is 4.79 Å². The van der Waals surface area contributed by atoms with Crippen LogP contribution in [0.15, 0.2) is 48.7 Å². The summed E-state index contributed by atoms with van der Waals surface area (Å²) in [5, 5.41) is 11.2. The maximum Gasteiger partial charge on any atom is 0.251 e. The Labute approximate surface area is 153 Å². The van der Waals surface area contributed by atoms with Crippen molar-refractivity contribution in [1.29, 1.82) is 0 Å². The highest BCUT2D eigenvalue weighted by Crippen LogP contribution is 2.08. The number of carbonyl (C=O) groups excluding carboxylic acids is 1. The molecule has 0 radical (unpaired) electrons. The minimum Gasteiger partial charge on any atom is -0.352 e. The van der Waals surface area contributed by atoms with Crippen LogP contribution < -0.4 is 5.32 Å². The van der Waals surface area contributed by atoms with Crippen LogP contribution in [0.1, 0.15) is 35.6 Å². The van der Waals surface area contributed by atoms with Gasteiger partial charge < -0.3 is 5.32 Å². The molecule has 6 nitrogen and oxygen atoms in total. The normalized spacial score (nSPS) is 11.2. The van der Waals surface area contributed by atoms with Gasteiger partial charge in [-0.3, -0.25) is 14.1 Å². The van der Waals surface area contributed by atoms with Crippen molar-refractivity contribution in [3.8, 4) is 0 Å². The molecule has 0 bridgehead atoms. The smallest absolute Gasteiger partial charge is 0.251 e. The van der Waals surface area contributed by atoms with E-state index in [1.165, 1.54) is 5.56 Å². The largest absolute Gasteiger partial charge is 0.352 e. The Morgan fingerprint density at radius 3 is 2.58 bits per heavy atom. The van der Waals surface area contributed by atoms with Crippen LogP contribution in [0.3, 0.4) is 0 Å². The molecule has 2 aromatic heterocycles. The SMILES string of the molecule is CCN(CC)Cc1ccc(C(=O)NCCc2nnc3ccccn23)cc1. The second kappa shape index (κ2) is 8.58. The van der Waals surface area contributed by atoms with E-state index in [0.29, 0.717) is 18.5 Å². The third kappa shape index (κ3) is 4.26. The molecule has 0 aliphatic carbocycles. The summed E-state index contributed by atoms with van der Waals surface area (Å²) < 4.78 is 1.94. The maximum atomic E-state index is 12.3. The predicted octanol–water partition coefficient (Wildman–Crippen LogP) is 2.54. The molecule has 3 aromatic rings. The lowest BCUT2D eigenvalue weighted by atomic mass is 10.1. The van der Waals surface area contributed by atoms with E-state index in [4.69, 9.17) is 0 Å². The summed E-state index contributed by atoms with van der Waals surface area (Å²) in [7, 11) is 0. The monoisotopic (exact) mass is 351 g/mol. The molecular weight excluding hydrogens is 326 g/mol. The molecule has 1 amide bonds. The van der Waals surface area contributed by atoms with Crippen molar-refractivity contribution in [3.63, 3.8) is 0 Å². The second-order valence-electron chi connectivity index (χ2n) is 6.21. The first-order valence-electron chi connectivity index (χ1n) is 9.09. The average molecular weight is 351 g/mol. The number of aromatic nitrogens is 3. The van der Waals surface area contributed by atoms with Gasteiger partial charge in [-0.1, -0.05) is 32.0 Å². The molecule has 0 saturated heterocycles. The minimum absolute atomic E-state index is 0.0618. The molecule has 0 fully saturated rings. The molecule has 0 unspecified atom stereocenters. The summed E-state index contributed by atoms with van der Waals surface area (Å²) in [6.45, 7) is 7.80. The number of pyridine rings is 1. The summed E-state index contributed by atoms with van der Waals surface area (Å²) in [5.41, 5.74) is 2.72. The van der Waals surface area contributed by atoms with E-state index >= 15 is 0 Å². The summed E-state index contributed by atoms with van der Waals surface area (Å²) in [6.07, 6.45) is 2.57. The van der Waals surface area contributed by atoms with Crippen LogP contribution in [0.4, 0.5) is 0 Å². The van der Waals surface area contributed by atoms with Gasteiger partial charge in [0.25, 0.3) is 5.91 Å². The molecule has 26 heavy (non-hydrogen) atoms. The lowest BCUT2D eigenvalue weighted by Gasteiger charge is -2.18. The number of benzene rings is 1. The van der Waals surface area contributed by atoms with Crippen LogP contribution in [0.5, 0.6) is 0 Å². The van der Waals surface area contributed by atoms with Crippen LogP contribution >= 0.6 is 0 Å². The summed E-state index contributed by atoms with van der Waals surface area (Å²) in [6, 6.07) is 13.6. The molecule has 1 N–H and O–H groups in total. The lowest BCUT2D eigenvalue weighted by molar-refractivity contribution is 0.0954. The molecular formula is C20H25N5O. The minimum atomic E-state index is -0.0618. The molecule has 0 saturated carbocycles. The molecule has 6 heteroatoms. The van der Waals surface area contributed by atoms with Gasteiger partial charge in [-0.2, -0.15) is 0 Å². The van der Waals surface area contributed by atoms with Crippen molar-refractivity contribution in [3.05, 3.63) is 65.6 Å². The Bertz CT molecular complexity index is 852. The zero-order valence-corrected chi connectivity index (χ0v) is 15.4. The molecule has 0 spiro atoms. The molecule has 0 aliphatic rings. The van der Waals surface area contributed by atoms with Crippen LogP contribution in [0.25, 0.3) is 5.65 Å². The summed E-state index contributed by atoms with van der Waals surface area (Å²) in [5.74, 6) is 0.781. The van der Waals surface area contributed by atoms with Crippen LogP contribution in [0.2, 0.25) is 0 Å². The first-order valence-corrected chi connectivity index (χ1v) is 9.09. The zero-order chi connectivity index (χ0) is 18.4. The number of carbonyl (C=O) groups is 1. The number of hydrogen-bond acceptors (Lipinski definition) is 4. The van der Waals surface area contributed by atoms with E-state index in [0.717, 1.165) is 31.1 Å². The number of fused-ring (bicyclic) bond motifs is 1. The zero-order valence-electron chi connectivity index (χ0n) is 15.4. The molecule has 1 aromatic carbocycles. The van der Waals surface area contributed by atoms with Crippen molar-refractivity contribution in [1.82, 2.24) is 24.8 Å². The van der Waals surface area contributed by atoms with Gasteiger partial charge in [-0.25, -0.2) is 0 Å². The van der Waals surface area contributed by atoms with Gasteiger partial charge in [0.15, 0.2) is 5.65 Å². The van der Waals surface area contributed by atoms with E-state index in [1.54, 1.807) is 0 Å². The Balaban J connectivity index is 1.53. The highest BCUT2D eigenvalue weighted by atomic mass is 16.1. The van der Waals surface area contributed by atoms with Gasteiger partial charge in [0.1, 0.15) is 5.82 Å². The number of amides is 1. The van der Waals surface area contributed by atoms with Crippen LogP contribution in [-0.2, 0) is 13.0 Å². The Kier molecular flexibility index (Phi) is 5.96. The van der Waals surface area contributed by atoms with Crippen LogP contribution in [-0.4, -0.2) is 45.0 Å². The Hall–Kier alpha value is -2.73. The van der Waals surface area contributed by atoms with Gasteiger partial charge >= 0.3 is 0 Å². The number of hydrogen-bond donors (Lipinski definition) is 1. The highest BCUT2D eigenvalue weighted by Gasteiger charge is 2.08. The van der Waals surface area contributed by atoms with Gasteiger partial charge in [0, 0.05) is 31.3 Å². The maximum absolute atomic E-state index is 12.3. The van der Waals surface area contributed by atoms with Gasteiger partial charge in [0.05, 0.1) is 0 Å². The van der Waals surface area contributed by atoms with E-state index < -0.39 is 0 Å². The second-order valence-corrected chi connectivity index (χ2v) is 6.21. The molecule has 2 heterocycles.